The van der Waals surface area contributed by atoms with Crippen LogP contribution in [-0.2, 0) is 6.54 Å². The number of rotatable bonds is 5. The van der Waals surface area contributed by atoms with Crippen LogP contribution in [0, 0.1) is 11.6 Å². The maximum Gasteiger partial charge on any atom is 0.257 e. The van der Waals surface area contributed by atoms with Crippen LogP contribution >= 0.6 is 0 Å². The van der Waals surface area contributed by atoms with Crippen LogP contribution in [-0.4, -0.2) is 20.1 Å². The molecule has 22 heavy (non-hydrogen) atoms. The predicted molar refractivity (Wildman–Crippen MR) is 77.1 cm³/mol. The summed E-state index contributed by atoms with van der Waals surface area (Å²) >= 11 is 0. The molecule has 0 saturated heterocycles. The van der Waals surface area contributed by atoms with E-state index in [9.17, 15) is 13.6 Å². The molecule has 2 aromatic carbocycles. The summed E-state index contributed by atoms with van der Waals surface area (Å²) in [6, 6.07) is 8.36. The highest BCUT2D eigenvalue weighted by molar-refractivity contribution is 5.94. The van der Waals surface area contributed by atoms with Gasteiger partial charge in [-0.15, -0.1) is 0 Å². The minimum absolute atomic E-state index is 0.104. The van der Waals surface area contributed by atoms with Crippen molar-refractivity contribution in [3.8, 4) is 11.5 Å². The predicted octanol–water partition coefficient (Wildman–Crippen LogP) is 2.91. The van der Waals surface area contributed by atoms with E-state index < -0.39 is 23.1 Å². The van der Waals surface area contributed by atoms with Crippen molar-refractivity contribution in [1.82, 2.24) is 5.32 Å². The summed E-state index contributed by atoms with van der Waals surface area (Å²) in [5.41, 5.74) is 0.116. The smallest absolute Gasteiger partial charge is 0.257 e. The average molecular weight is 307 g/mol. The molecule has 0 heterocycles. The normalized spacial score (nSPS) is 10.2. The van der Waals surface area contributed by atoms with Gasteiger partial charge < -0.3 is 14.8 Å². The number of ether oxygens (including phenoxy) is 2. The van der Waals surface area contributed by atoms with Crippen LogP contribution in [0.4, 0.5) is 8.78 Å². The van der Waals surface area contributed by atoms with Crippen molar-refractivity contribution in [2.24, 2.45) is 0 Å². The second-order valence-electron chi connectivity index (χ2n) is 4.47. The van der Waals surface area contributed by atoms with Gasteiger partial charge in [0.15, 0.2) is 11.5 Å². The van der Waals surface area contributed by atoms with E-state index >= 15 is 0 Å². The topological polar surface area (TPSA) is 47.6 Å². The van der Waals surface area contributed by atoms with Crippen LogP contribution in [0.1, 0.15) is 15.9 Å². The van der Waals surface area contributed by atoms with E-state index in [0.29, 0.717) is 17.1 Å². The van der Waals surface area contributed by atoms with Crippen LogP contribution in [0.15, 0.2) is 36.4 Å². The van der Waals surface area contributed by atoms with Crippen LogP contribution in [0.25, 0.3) is 0 Å². The molecule has 0 aliphatic heterocycles. The molecule has 1 N–H and O–H groups in total. The number of amides is 1. The Morgan fingerprint density at radius 1 is 1.05 bits per heavy atom. The fraction of sp³-hybridized carbons (Fsp3) is 0.188. The average Bonchev–Trinajstić information content (AvgIpc) is 2.52. The lowest BCUT2D eigenvalue weighted by atomic mass is 10.1. The first-order valence-corrected chi connectivity index (χ1v) is 6.50. The lowest BCUT2D eigenvalue weighted by molar-refractivity contribution is 0.0942. The zero-order chi connectivity index (χ0) is 16.1. The Kier molecular flexibility index (Phi) is 4.93. The largest absolute Gasteiger partial charge is 0.493 e. The third-order valence-corrected chi connectivity index (χ3v) is 3.09. The first kappa shape index (κ1) is 15.8. The van der Waals surface area contributed by atoms with Gasteiger partial charge in [0, 0.05) is 6.54 Å². The molecule has 2 rings (SSSR count). The summed E-state index contributed by atoms with van der Waals surface area (Å²) in [7, 11) is 3.01. The van der Waals surface area contributed by atoms with E-state index in [1.54, 1.807) is 18.2 Å². The minimum atomic E-state index is -0.898. The third-order valence-electron chi connectivity index (χ3n) is 3.09. The maximum absolute atomic E-state index is 13.5. The fourth-order valence-corrected chi connectivity index (χ4v) is 1.98. The molecule has 0 bridgehead atoms. The lowest BCUT2D eigenvalue weighted by Gasteiger charge is -2.11. The summed E-state index contributed by atoms with van der Waals surface area (Å²) in [5.74, 6) is -1.55. The molecule has 116 valence electrons. The van der Waals surface area contributed by atoms with Gasteiger partial charge in [-0.1, -0.05) is 12.1 Å². The molecule has 0 atom stereocenters. The highest BCUT2D eigenvalue weighted by atomic mass is 19.1. The first-order chi connectivity index (χ1) is 10.6. The molecule has 1 amide bonds. The monoisotopic (exact) mass is 307 g/mol. The van der Waals surface area contributed by atoms with Gasteiger partial charge in [0.25, 0.3) is 5.91 Å². The minimum Gasteiger partial charge on any atom is -0.493 e. The Labute approximate surface area is 126 Å². The summed E-state index contributed by atoms with van der Waals surface area (Å²) in [5, 5.41) is 2.47. The summed E-state index contributed by atoms with van der Waals surface area (Å²) < 4.78 is 37.3. The zero-order valence-corrected chi connectivity index (χ0v) is 12.2. The molecule has 0 unspecified atom stereocenters. The van der Waals surface area contributed by atoms with E-state index in [0.717, 1.165) is 12.1 Å². The SMILES string of the molecule is COc1ccc(CNC(=O)c2c(F)cccc2F)cc1OC. The van der Waals surface area contributed by atoms with Crippen molar-refractivity contribution in [3.63, 3.8) is 0 Å². The van der Waals surface area contributed by atoms with E-state index in [1.165, 1.54) is 20.3 Å². The standard InChI is InChI=1S/C16H15F2NO3/c1-21-13-7-6-10(8-14(13)22-2)9-19-16(20)15-11(17)4-3-5-12(15)18/h3-8H,9H2,1-2H3,(H,19,20). The van der Waals surface area contributed by atoms with Crippen molar-refractivity contribution in [2.75, 3.05) is 14.2 Å². The molecule has 4 nitrogen and oxygen atoms in total. The summed E-state index contributed by atoms with van der Waals surface area (Å²) in [6.45, 7) is 0.104. The van der Waals surface area contributed by atoms with Gasteiger partial charge in [-0.05, 0) is 29.8 Å². The van der Waals surface area contributed by atoms with Gasteiger partial charge >= 0.3 is 0 Å². The molecule has 0 aliphatic rings. The quantitative estimate of drug-likeness (QED) is 0.924. The summed E-state index contributed by atoms with van der Waals surface area (Å²) in [6.07, 6.45) is 0. The number of hydrogen-bond donors (Lipinski definition) is 1. The second-order valence-corrected chi connectivity index (χ2v) is 4.47. The summed E-state index contributed by atoms with van der Waals surface area (Å²) in [4.78, 5) is 11.9. The fourth-order valence-electron chi connectivity index (χ4n) is 1.98. The van der Waals surface area contributed by atoms with E-state index in [1.807, 2.05) is 0 Å². The van der Waals surface area contributed by atoms with Gasteiger partial charge in [0.2, 0.25) is 0 Å². The number of carbonyl (C=O) groups excluding carboxylic acids is 1. The van der Waals surface area contributed by atoms with Gasteiger partial charge in [-0.25, -0.2) is 8.78 Å². The molecule has 0 saturated carbocycles. The lowest BCUT2D eigenvalue weighted by Crippen LogP contribution is -2.25. The second kappa shape index (κ2) is 6.89. The third kappa shape index (κ3) is 3.33. The van der Waals surface area contributed by atoms with Crippen molar-refractivity contribution in [3.05, 3.63) is 59.2 Å². The van der Waals surface area contributed by atoms with Crippen LogP contribution in [0.5, 0.6) is 11.5 Å². The molecular weight excluding hydrogens is 292 g/mol. The van der Waals surface area contributed by atoms with Gasteiger partial charge in [0.1, 0.15) is 17.2 Å². The molecular formula is C16H15F2NO3. The van der Waals surface area contributed by atoms with Crippen molar-refractivity contribution >= 4 is 5.91 Å². The Balaban J connectivity index is 2.11. The molecule has 0 aliphatic carbocycles. The first-order valence-electron chi connectivity index (χ1n) is 6.50. The van der Waals surface area contributed by atoms with Gasteiger partial charge in [-0.2, -0.15) is 0 Å². The van der Waals surface area contributed by atoms with Gasteiger partial charge in [-0.3, -0.25) is 4.79 Å². The molecule has 0 aromatic heterocycles. The molecule has 0 spiro atoms. The van der Waals surface area contributed by atoms with E-state index in [-0.39, 0.29) is 6.54 Å². The highest BCUT2D eigenvalue weighted by Crippen LogP contribution is 2.27. The van der Waals surface area contributed by atoms with E-state index in [4.69, 9.17) is 9.47 Å². The molecule has 0 fully saturated rings. The number of carbonyl (C=O) groups is 1. The molecule has 0 radical (unpaired) electrons. The van der Waals surface area contributed by atoms with Crippen molar-refractivity contribution in [1.29, 1.82) is 0 Å². The van der Waals surface area contributed by atoms with E-state index in [2.05, 4.69) is 5.32 Å². The Hall–Kier alpha value is -2.63. The Morgan fingerprint density at radius 2 is 1.68 bits per heavy atom. The molecule has 2 aromatic rings. The Morgan fingerprint density at radius 3 is 2.27 bits per heavy atom. The van der Waals surface area contributed by atoms with Crippen LogP contribution in [0.3, 0.4) is 0 Å². The van der Waals surface area contributed by atoms with Gasteiger partial charge in [0.05, 0.1) is 14.2 Å². The number of halogens is 2. The highest BCUT2D eigenvalue weighted by Gasteiger charge is 2.16. The maximum atomic E-state index is 13.5. The van der Waals surface area contributed by atoms with Crippen LogP contribution < -0.4 is 14.8 Å². The molecule has 6 heteroatoms. The number of nitrogens with one attached hydrogen (secondary N) is 1. The zero-order valence-electron chi connectivity index (χ0n) is 12.2. The number of benzene rings is 2. The van der Waals surface area contributed by atoms with Crippen LogP contribution in [0.2, 0.25) is 0 Å². The Bertz CT molecular complexity index is 669. The number of methoxy groups -OCH3 is 2. The number of hydrogen-bond acceptors (Lipinski definition) is 3. The van der Waals surface area contributed by atoms with Crippen molar-refractivity contribution < 1.29 is 23.0 Å². The van der Waals surface area contributed by atoms with Crippen molar-refractivity contribution in [2.45, 2.75) is 6.54 Å².